The Morgan fingerprint density at radius 2 is 1.83 bits per heavy atom. The highest BCUT2D eigenvalue weighted by atomic mass is 32.2. The van der Waals surface area contributed by atoms with Gasteiger partial charge in [0.1, 0.15) is 11.4 Å². The van der Waals surface area contributed by atoms with Gasteiger partial charge in [0.2, 0.25) is 0 Å². The van der Waals surface area contributed by atoms with E-state index >= 15 is 0 Å². The summed E-state index contributed by atoms with van der Waals surface area (Å²) < 4.78 is 44.0. The first-order chi connectivity index (χ1) is 11.1. The molecule has 7 heteroatoms. The van der Waals surface area contributed by atoms with Crippen molar-refractivity contribution in [2.24, 2.45) is 0 Å². The van der Waals surface area contributed by atoms with Crippen molar-refractivity contribution in [3.63, 3.8) is 0 Å². The zero-order valence-corrected chi connectivity index (χ0v) is 15.1. The molecule has 0 bridgehead atoms. The second-order valence-electron chi connectivity index (χ2n) is 7.04. The fourth-order valence-corrected chi connectivity index (χ4v) is 4.42. The second kappa shape index (κ2) is 7.09. The highest BCUT2D eigenvalue weighted by molar-refractivity contribution is 7.92. The fraction of sp³-hybridized carbons (Fsp3) is 0.588. The minimum Gasteiger partial charge on any atom is -0.444 e. The molecule has 0 N–H and O–H groups in total. The van der Waals surface area contributed by atoms with Crippen LogP contribution < -0.4 is 0 Å². The third kappa shape index (κ3) is 4.69. The van der Waals surface area contributed by atoms with Gasteiger partial charge in [-0.2, -0.15) is 0 Å². The number of carbonyl (C=O) groups excluding carboxylic acids is 1. The standard InChI is InChI=1S/C17H24FNO4S/c1-17(2,3)23-16(20)19-11-5-4-6-15(12-19)24(21,22)14-9-7-13(18)8-10-14/h7-10,15H,4-6,11-12H2,1-3H3/t15-/m0/s1. The van der Waals surface area contributed by atoms with Crippen LogP contribution >= 0.6 is 0 Å². The van der Waals surface area contributed by atoms with Gasteiger partial charge in [-0.1, -0.05) is 6.42 Å². The lowest BCUT2D eigenvalue weighted by atomic mass is 10.2. The number of benzene rings is 1. The van der Waals surface area contributed by atoms with Crippen LogP contribution in [0.2, 0.25) is 0 Å². The molecule has 1 amide bonds. The van der Waals surface area contributed by atoms with E-state index in [2.05, 4.69) is 0 Å². The van der Waals surface area contributed by atoms with E-state index in [1.807, 2.05) is 0 Å². The maximum absolute atomic E-state index is 13.0. The molecule has 5 nitrogen and oxygen atoms in total. The van der Waals surface area contributed by atoms with Gasteiger partial charge in [-0.15, -0.1) is 0 Å². The normalized spacial score (nSPS) is 19.7. The fourth-order valence-electron chi connectivity index (χ4n) is 2.67. The van der Waals surface area contributed by atoms with Gasteiger partial charge in [0.25, 0.3) is 0 Å². The molecule has 1 saturated heterocycles. The Hall–Kier alpha value is -1.63. The van der Waals surface area contributed by atoms with Crippen LogP contribution in [-0.4, -0.2) is 43.4 Å². The van der Waals surface area contributed by atoms with Gasteiger partial charge in [0, 0.05) is 13.1 Å². The number of rotatable bonds is 2. The molecule has 1 aliphatic heterocycles. The molecule has 1 atom stereocenters. The number of likely N-dealkylation sites (tertiary alicyclic amines) is 1. The zero-order chi connectivity index (χ0) is 18.0. The number of sulfone groups is 1. The van der Waals surface area contributed by atoms with Crippen molar-refractivity contribution < 1.29 is 22.3 Å². The van der Waals surface area contributed by atoms with E-state index in [0.717, 1.165) is 18.6 Å². The second-order valence-corrected chi connectivity index (χ2v) is 9.27. The molecule has 2 rings (SSSR count). The topological polar surface area (TPSA) is 63.7 Å². The lowest BCUT2D eigenvalue weighted by Gasteiger charge is -2.28. The summed E-state index contributed by atoms with van der Waals surface area (Å²) >= 11 is 0. The largest absolute Gasteiger partial charge is 0.444 e. The molecule has 0 aromatic heterocycles. The monoisotopic (exact) mass is 357 g/mol. The molecule has 1 heterocycles. The molecule has 1 aromatic carbocycles. The molecule has 0 spiro atoms. The Balaban J connectivity index is 2.20. The first-order valence-corrected chi connectivity index (χ1v) is 9.61. The van der Waals surface area contributed by atoms with E-state index in [-0.39, 0.29) is 11.4 Å². The summed E-state index contributed by atoms with van der Waals surface area (Å²) in [5.74, 6) is -0.481. The van der Waals surface area contributed by atoms with Crippen molar-refractivity contribution >= 4 is 15.9 Å². The molecule has 0 unspecified atom stereocenters. The highest BCUT2D eigenvalue weighted by Gasteiger charge is 2.34. The van der Waals surface area contributed by atoms with Crippen molar-refractivity contribution in [1.82, 2.24) is 4.90 Å². The predicted molar refractivity (Wildman–Crippen MR) is 89.0 cm³/mol. The number of amides is 1. The lowest BCUT2D eigenvalue weighted by molar-refractivity contribution is 0.0258. The van der Waals surface area contributed by atoms with Gasteiger partial charge in [-0.05, 0) is 57.9 Å². The van der Waals surface area contributed by atoms with Crippen molar-refractivity contribution in [3.8, 4) is 0 Å². The first kappa shape index (κ1) is 18.7. The average molecular weight is 357 g/mol. The Labute approximate surface area is 142 Å². The van der Waals surface area contributed by atoms with E-state index in [4.69, 9.17) is 4.74 Å². The smallest absolute Gasteiger partial charge is 0.410 e. The van der Waals surface area contributed by atoms with E-state index in [9.17, 15) is 17.6 Å². The van der Waals surface area contributed by atoms with Crippen LogP contribution in [0.3, 0.4) is 0 Å². The molecule has 134 valence electrons. The highest BCUT2D eigenvalue weighted by Crippen LogP contribution is 2.25. The quantitative estimate of drug-likeness (QED) is 0.761. The summed E-state index contributed by atoms with van der Waals surface area (Å²) in [6, 6.07) is 4.81. The Morgan fingerprint density at radius 3 is 2.42 bits per heavy atom. The Morgan fingerprint density at radius 1 is 1.21 bits per heavy atom. The third-order valence-corrected chi connectivity index (χ3v) is 6.05. The lowest BCUT2D eigenvalue weighted by Crippen LogP contribution is -2.42. The summed E-state index contributed by atoms with van der Waals surface area (Å²) in [6.07, 6.45) is 1.42. The predicted octanol–water partition coefficient (Wildman–Crippen LogP) is 3.39. The molecule has 0 radical (unpaired) electrons. The van der Waals surface area contributed by atoms with Gasteiger partial charge in [0.15, 0.2) is 9.84 Å². The van der Waals surface area contributed by atoms with Gasteiger partial charge >= 0.3 is 6.09 Å². The van der Waals surface area contributed by atoms with E-state index in [0.29, 0.717) is 19.4 Å². The van der Waals surface area contributed by atoms with Crippen LogP contribution in [0.25, 0.3) is 0 Å². The Kier molecular flexibility index (Phi) is 5.52. The number of hydrogen-bond acceptors (Lipinski definition) is 4. The van der Waals surface area contributed by atoms with Crippen molar-refractivity contribution in [2.75, 3.05) is 13.1 Å². The number of halogens is 1. The SMILES string of the molecule is CC(C)(C)OC(=O)N1CCCC[C@H](S(=O)(=O)c2ccc(F)cc2)C1. The van der Waals surface area contributed by atoms with Gasteiger partial charge in [-0.25, -0.2) is 17.6 Å². The van der Waals surface area contributed by atoms with Crippen LogP contribution in [0.15, 0.2) is 29.2 Å². The van der Waals surface area contributed by atoms with Crippen molar-refractivity contribution in [2.45, 2.75) is 55.8 Å². The molecule has 1 aromatic rings. The summed E-state index contributed by atoms with van der Waals surface area (Å²) in [7, 11) is -3.63. The number of carbonyl (C=O) groups is 1. The molecule has 1 aliphatic rings. The molecular formula is C17H24FNO4S. The third-order valence-electron chi connectivity index (χ3n) is 3.86. The molecule has 24 heavy (non-hydrogen) atoms. The van der Waals surface area contributed by atoms with E-state index in [1.54, 1.807) is 20.8 Å². The first-order valence-electron chi connectivity index (χ1n) is 8.07. The average Bonchev–Trinajstić information content (AvgIpc) is 2.72. The maximum Gasteiger partial charge on any atom is 0.410 e. The number of nitrogens with zero attached hydrogens (tertiary/aromatic N) is 1. The molecule has 0 aliphatic carbocycles. The van der Waals surface area contributed by atoms with Crippen LogP contribution in [0.4, 0.5) is 9.18 Å². The van der Waals surface area contributed by atoms with Crippen LogP contribution in [0.5, 0.6) is 0 Å². The number of ether oxygens (including phenoxy) is 1. The minimum atomic E-state index is -3.63. The van der Waals surface area contributed by atoms with E-state index in [1.165, 1.54) is 17.0 Å². The van der Waals surface area contributed by atoms with Gasteiger partial charge < -0.3 is 9.64 Å². The van der Waals surface area contributed by atoms with Gasteiger partial charge in [0.05, 0.1) is 10.1 Å². The molecule has 1 fully saturated rings. The minimum absolute atomic E-state index is 0.0833. The van der Waals surface area contributed by atoms with E-state index < -0.39 is 32.6 Å². The van der Waals surface area contributed by atoms with Crippen molar-refractivity contribution in [3.05, 3.63) is 30.1 Å². The Bertz CT molecular complexity index is 680. The molecule has 0 saturated carbocycles. The summed E-state index contributed by atoms with van der Waals surface area (Å²) in [6.45, 7) is 5.89. The summed E-state index contributed by atoms with van der Waals surface area (Å²) in [4.78, 5) is 13.8. The number of hydrogen-bond donors (Lipinski definition) is 0. The van der Waals surface area contributed by atoms with Crippen LogP contribution in [0, 0.1) is 5.82 Å². The molecular weight excluding hydrogens is 333 g/mol. The zero-order valence-electron chi connectivity index (χ0n) is 14.3. The van der Waals surface area contributed by atoms with Crippen molar-refractivity contribution in [1.29, 1.82) is 0 Å². The van der Waals surface area contributed by atoms with Crippen LogP contribution in [0.1, 0.15) is 40.0 Å². The maximum atomic E-state index is 13.0. The van der Waals surface area contributed by atoms with Gasteiger partial charge in [-0.3, -0.25) is 0 Å². The van der Waals surface area contributed by atoms with Crippen LogP contribution in [-0.2, 0) is 14.6 Å². The summed E-state index contributed by atoms with van der Waals surface area (Å²) in [5, 5.41) is -0.710. The summed E-state index contributed by atoms with van der Waals surface area (Å²) in [5.41, 5.74) is -0.630.